The molecule has 0 N–H and O–H groups in total. The Morgan fingerprint density at radius 3 is 2.75 bits per heavy atom. The molecule has 1 heterocycles. The summed E-state index contributed by atoms with van der Waals surface area (Å²) in [5.74, 6) is 0.330. The number of nitriles is 1. The Kier molecular flexibility index (Phi) is 1.63. The smallest absolute Gasteiger partial charge is 0.218 e. The van der Waals surface area contributed by atoms with E-state index in [2.05, 4.69) is 15.9 Å². The van der Waals surface area contributed by atoms with E-state index in [9.17, 15) is 0 Å². The number of para-hydroxylation sites is 1. The summed E-state index contributed by atoms with van der Waals surface area (Å²) in [6.45, 7) is 0. The molecule has 0 unspecified atom stereocenters. The fourth-order valence-electron chi connectivity index (χ4n) is 1.09. The standard InChI is InChI=1S/C9H4BrNO/c10-9-6-3-1-2-4-7(6)12-8(9)5-11/h1-4H. The quantitative estimate of drug-likeness (QED) is 0.686. The van der Waals surface area contributed by atoms with Crippen molar-refractivity contribution in [2.45, 2.75) is 0 Å². The van der Waals surface area contributed by atoms with Crippen molar-refractivity contribution in [3.8, 4) is 6.07 Å². The zero-order valence-electron chi connectivity index (χ0n) is 6.04. The lowest BCUT2D eigenvalue weighted by atomic mass is 10.2. The van der Waals surface area contributed by atoms with Crippen LogP contribution in [0.2, 0.25) is 0 Å². The highest BCUT2D eigenvalue weighted by atomic mass is 79.9. The second-order valence-electron chi connectivity index (χ2n) is 2.35. The molecular formula is C9H4BrNO. The van der Waals surface area contributed by atoms with E-state index < -0.39 is 0 Å². The van der Waals surface area contributed by atoms with Gasteiger partial charge in [0, 0.05) is 5.39 Å². The van der Waals surface area contributed by atoms with Crippen LogP contribution in [0.5, 0.6) is 0 Å². The summed E-state index contributed by atoms with van der Waals surface area (Å²) in [4.78, 5) is 0. The molecule has 0 amide bonds. The van der Waals surface area contributed by atoms with Crippen LogP contribution in [0, 0.1) is 11.3 Å². The third kappa shape index (κ3) is 0.926. The summed E-state index contributed by atoms with van der Waals surface area (Å²) >= 11 is 3.30. The SMILES string of the molecule is N#Cc1oc2ccccc2c1Br. The Balaban J connectivity index is 2.90. The van der Waals surface area contributed by atoms with Crippen LogP contribution in [0.25, 0.3) is 11.0 Å². The van der Waals surface area contributed by atoms with Crippen LogP contribution in [-0.2, 0) is 0 Å². The van der Waals surface area contributed by atoms with Crippen molar-refractivity contribution in [1.82, 2.24) is 0 Å². The Bertz CT molecular complexity index is 467. The third-order valence-electron chi connectivity index (χ3n) is 1.64. The maximum Gasteiger partial charge on any atom is 0.218 e. The molecule has 0 spiro atoms. The second kappa shape index (κ2) is 2.65. The van der Waals surface area contributed by atoms with Gasteiger partial charge in [0.1, 0.15) is 11.7 Å². The molecule has 2 aromatic rings. The lowest BCUT2D eigenvalue weighted by Crippen LogP contribution is -1.64. The monoisotopic (exact) mass is 221 g/mol. The van der Waals surface area contributed by atoms with E-state index in [1.54, 1.807) is 0 Å². The van der Waals surface area contributed by atoms with E-state index in [0.717, 1.165) is 15.4 Å². The number of nitrogens with zero attached hydrogens (tertiary/aromatic N) is 1. The molecule has 0 aliphatic carbocycles. The number of benzene rings is 1. The van der Waals surface area contributed by atoms with Gasteiger partial charge in [0.25, 0.3) is 0 Å². The molecule has 0 radical (unpaired) electrons. The zero-order chi connectivity index (χ0) is 8.55. The molecule has 1 aromatic heterocycles. The summed E-state index contributed by atoms with van der Waals surface area (Å²) < 4.78 is 5.98. The first kappa shape index (κ1) is 7.38. The van der Waals surface area contributed by atoms with Crippen LogP contribution in [0.4, 0.5) is 0 Å². The summed E-state index contributed by atoms with van der Waals surface area (Å²) in [6.07, 6.45) is 0. The van der Waals surface area contributed by atoms with Gasteiger partial charge in [0.05, 0.1) is 4.47 Å². The molecule has 2 nitrogen and oxygen atoms in total. The normalized spacial score (nSPS) is 10.0. The van der Waals surface area contributed by atoms with Gasteiger partial charge in [-0.15, -0.1) is 0 Å². The highest BCUT2D eigenvalue weighted by Gasteiger charge is 2.09. The van der Waals surface area contributed by atoms with Gasteiger partial charge in [0.15, 0.2) is 0 Å². The van der Waals surface area contributed by atoms with Gasteiger partial charge in [0.2, 0.25) is 5.76 Å². The van der Waals surface area contributed by atoms with Gasteiger partial charge in [-0.2, -0.15) is 5.26 Å². The van der Waals surface area contributed by atoms with Crippen molar-refractivity contribution in [1.29, 1.82) is 5.26 Å². The summed E-state index contributed by atoms with van der Waals surface area (Å²) in [7, 11) is 0. The lowest BCUT2D eigenvalue weighted by molar-refractivity contribution is 0.597. The molecule has 12 heavy (non-hydrogen) atoms. The molecule has 0 aliphatic rings. The molecule has 0 atom stereocenters. The lowest BCUT2D eigenvalue weighted by Gasteiger charge is -1.83. The van der Waals surface area contributed by atoms with E-state index >= 15 is 0 Å². The Morgan fingerprint density at radius 1 is 1.33 bits per heavy atom. The first-order valence-electron chi connectivity index (χ1n) is 3.40. The molecular weight excluding hydrogens is 218 g/mol. The van der Waals surface area contributed by atoms with Gasteiger partial charge in [-0.3, -0.25) is 0 Å². The highest BCUT2D eigenvalue weighted by Crippen LogP contribution is 2.29. The van der Waals surface area contributed by atoms with Gasteiger partial charge < -0.3 is 4.42 Å². The first-order valence-corrected chi connectivity index (χ1v) is 4.19. The minimum atomic E-state index is 0.330. The van der Waals surface area contributed by atoms with Crippen molar-refractivity contribution >= 4 is 26.9 Å². The van der Waals surface area contributed by atoms with Crippen LogP contribution in [-0.4, -0.2) is 0 Å². The van der Waals surface area contributed by atoms with Crippen molar-refractivity contribution in [3.63, 3.8) is 0 Å². The van der Waals surface area contributed by atoms with E-state index in [-0.39, 0.29) is 0 Å². The van der Waals surface area contributed by atoms with Crippen molar-refractivity contribution < 1.29 is 4.42 Å². The molecule has 0 aliphatic heterocycles. The van der Waals surface area contributed by atoms with Gasteiger partial charge >= 0.3 is 0 Å². The van der Waals surface area contributed by atoms with Gasteiger partial charge in [-0.05, 0) is 28.1 Å². The Hall–Kier alpha value is -1.27. The Labute approximate surface area is 77.5 Å². The summed E-state index contributed by atoms with van der Waals surface area (Å²) in [5, 5.41) is 9.58. The van der Waals surface area contributed by atoms with Crippen molar-refractivity contribution in [3.05, 3.63) is 34.5 Å². The molecule has 2 rings (SSSR count). The average Bonchev–Trinajstić information content (AvgIpc) is 2.44. The number of halogens is 1. The largest absolute Gasteiger partial charge is 0.444 e. The predicted molar refractivity (Wildman–Crippen MR) is 48.6 cm³/mol. The fourth-order valence-corrected chi connectivity index (χ4v) is 1.58. The van der Waals surface area contributed by atoms with Crippen molar-refractivity contribution in [2.75, 3.05) is 0 Å². The minimum absolute atomic E-state index is 0.330. The number of hydrogen-bond acceptors (Lipinski definition) is 2. The van der Waals surface area contributed by atoms with Crippen LogP contribution in [0.3, 0.4) is 0 Å². The average molecular weight is 222 g/mol. The topological polar surface area (TPSA) is 36.9 Å². The van der Waals surface area contributed by atoms with Crippen LogP contribution >= 0.6 is 15.9 Å². The number of fused-ring (bicyclic) bond motifs is 1. The first-order chi connectivity index (χ1) is 5.83. The van der Waals surface area contributed by atoms with Crippen LogP contribution in [0.15, 0.2) is 33.2 Å². The third-order valence-corrected chi connectivity index (χ3v) is 2.42. The highest BCUT2D eigenvalue weighted by molar-refractivity contribution is 9.10. The zero-order valence-corrected chi connectivity index (χ0v) is 7.63. The molecule has 58 valence electrons. The molecule has 0 bridgehead atoms. The molecule has 0 saturated carbocycles. The minimum Gasteiger partial charge on any atom is -0.444 e. The second-order valence-corrected chi connectivity index (χ2v) is 3.15. The van der Waals surface area contributed by atoms with Crippen LogP contribution in [0.1, 0.15) is 5.76 Å². The summed E-state index contributed by atoms with van der Waals surface area (Å²) in [5.41, 5.74) is 0.737. The van der Waals surface area contributed by atoms with Gasteiger partial charge in [-0.1, -0.05) is 12.1 Å². The van der Waals surface area contributed by atoms with E-state index in [0.29, 0.717) is 5.76 Å². The number of hydrogen-bond donors (Lipinski definition) is 0. The predicted octanol–water partition coefficient (Wildman–Crippen LogP) is 3.07. The molecule has 3 heteroatoms. The van der Waals surface area contributed by atoms with Crippen molar-refractivity contribution in [2.24, 2.45) is 0 Å². The number of furan rings is 1. The maximum atomic E-state index is 8.65. The number of rotatable bonds is 0. The summed E-state index contributed by atoms with van der Waals surface area (Å²) in [6, 6.07) is 9.49. The van der Waals surface area contributed by atoms with E-state index in [4.69, 9.17) is 9.68 Å². The van der Waals surface area contributed by atoms with E-state index in [1.807, 2.05) is 30.3 Å². The molecule has 0 saturated heterocycles. The maximum absolute atomic E-state index is 8.65. The Morgan fingerprint density at radius 2 is 2.08 bits per heavy atom. The fraction of sp³-hybridized carbons (Fsp3) is 0. The van der Waals surface area contributed by atoms with E-state index in [1.165, 1.54) is 0 Å². The molecule has 0 fully saturated rings. The van der Waals surface area contributed by atoms with Crippen LogP contribution < -0.4 is 0 Å². The molecule has 1 aromatic carbocycles. The van der Waals surface area contributed by atoms with Gasteiger partial charge in [-0.25, -0.2) is 0 Å².